The molecular formula is C22H29ClO6. The number of carboxylic acids is 1. The number of benzene rings is 1. The van der Waals surface area contributed by atoms with Gasteiger partial charge in [-0.15, -0.1) is 0 Å². The molecule has 1 fully saturated rings. The first-order chi connectivity index (χ1) is 13.9. The Morgan fingerprint density at radius 1 is 1.28 bits per heavy atom. The molecule has 4 N–H and O–H groups in total. The maximum Gasteiger partial charge on any atom is 0.303 e. The van der Waals surface area contributed by atoms with Crippen LogP contribution in [0.15, 0.2) is 48.6 Å². The smallest absolute Gasteiger partial charge is 0.303 e. The highest BCUT2D eigenvalue weighted by molar-refractivity contribution is 6.30. The first kappa shape index (κ1) is 23.4. The van der Waals surface area contributed by atoms with E-state index < -0.39 is 24.3 Å². The van der Waals surface area contributed by atoms with Gasteiger partial charge in [-0.25, -0.2) is 0 Å². The van der Waals surface area contributed by atoms with E-state index in [-0.39, 0.29) is 24.9 Å². The molecule has 2 rings (SSSR count). The summed E-state index contributed by atoms with van der Waals surface area (Å²) in [6, 6.07) is 6.90. The third-order valence-electron chi connectivity index (χ3n) is 5.02. The van der Waals surface area contributed by atoms with E-state index in [0.717, 1.165) is 0 Å². The average Bonchev–Trinajstić information content (AvgIpc) is 2.93. The molecule has 0 bridgehead atoms. The third-order valence-corrected chi connectivity index (χ3v) is 5.26. The normalized spacial score (nSPS) is 25.7. The Labute approximate surface area is 176 Å². The Morgan fingerprint density at radius 3 is 2.79 bits per heavy atom. The number of aliphatic hydroxyl groups excluding tert-OH is 3. The lowest BCUT2D eigenvalue weighted by molar-refractivity contribution is -0.137. The van der Waals surface area contributed by atoms with Crippen molar-refractivity contribution >= 4 is 17.6 Å². The van der Waals surface area contributed by atoms with Crippen LogP contribution in [0, 0.1) is 11.8 Å². The van der Waals surface area contributed by atoms with Crippen molar-refractivity contribution in [2.45, 2.75) is 50.4 Å². The van der Waals surface area contributed by atoms with E-state index in [1.165, 1.54) is 0 Å². The lowest BCUT2D eigenvalue weighted by Gasteiger charge is -2.19. The molecule has 6 nitrogen and oxygen atoms in total. The van der Waals surface area contributed by atoms with Gasteiger partial charge < -0.3 is 25.2 Å². The number of unbranched alkanes of at least 4 members (excludes halogenated alkanes) is 1. The van der Waals surface area contributed by atoms with Crippen molar-refractivity contribution in [2.24, 2.45) is 11.8 Å². The zero-order valence-corrected chi connectivity index (χ0v) is 17.0. The van der Waals surface area contributed by atoms with Crippen molar-refractivity contribution in [2.75, 3.05) is 6.61 Å². The molecule has 1 aliphatic carbocycles. The predicted octanol–water partition coefficient (Wildman–Crippen LogP) is 3.20. The maximum absolute atomic E-state index is 10.5. The van der Waals surface area contributed by atoms with Gasteiger partial charge in [-0.2, -0.15) is 0 Å². The van der Waals surface area contributed by atoms with Crippen LogP contribution in [0.3, 0.4) is 0 Å². The van der Waals surface area contributed by atoms with Gasteiger partial charge in [-0.3, -0.25) is 4.79 Å². The van der Waals surface area contributed by atoms with E-state index in [2.05, 4.69) is 0 Å². The number of halogens is 1. The van der Waals surface area contributed by atoms with Gasteiger partial charge in [-0.1, -0.05) is 42.0 Å². The number of allylic oxidation sites excluding steroid dienone is 2. The van der Waals surface area contributed by atoms with Crippen LogP contribution < -0.4 is 4.74 Å². The molecule has 0 radical (unpaired) electrons. The third kappa shape index (κ3) is 8.19. The molecule has 5 atom stereocenters. The fourth-order valence-corrected chi connectivity index (χ4v) is 3.68. The lowest BCUT2D eigenvalue weighted by Crippen LogP contribution is -2.21. The summed E-state index contributed by atoms with van der Waals surface area (Å²) >= 11 is 5.90. The summed E-state index contributed by atoms with van der Waals surface area (Å²) in [5.41, 5.74) is 0. The van der Waals surface area contributed by atoms with Gasteiger partial charge in [0.2, 0.25) is 0 Å². The summed E-state index contributed by atoms with van der Waals surface area (Å²) < 4.78 is 5.51. The summed E-state index contributed by atoms with van der Waals surface area (Å²) in [4.78, 5) is 10.5. The molecule has 0 aliphatic heterocycles. The Hall–Kier alpha value is -1.86. The molecule has 1 unspecified atom stereocenters. The number of ether oxygens (including phenoxy) is 1. The second-order valence-corrected chi connectivity index (χ2v) is 7.76. The quantitative estimate of drug-likeness (QED) is 0.321. The monoisotopic (exact) mass is 424 g/mol. The van der Waals surface area contributed by atoms with E-state index >= 15 is 0 Å². The van der Waals surface area contributed by atoms with E-state index in [1.807, 2.05) is 12.2 Å². The van der Waals surface area contributed by atoms with Gasteiger partial charge in [0.1, 0.15) is 18.5 Å². The Morgan fingerprint density at radius 2 is 2.07 bits per heavy atom. The molecule has 1 aromatic rings. The highest BCUT2D eigenvalue weighted by Gasteiger charge is 2.39. The van der Waals surface area contributed by atoms with E-state index in [9.17, 15) is 20.1 Å². The van der Waals surface area contributed by atoms with Crippen LogP contribution in [-0.4, -0.2) is 51.3 Å². The topological polar surface area (TPSA) is 107 Å². The highest BCUT2D eigenvalue weighted by atomic mass is 35.5. The molecule has 0 spiro atoms. The maximum atomic E-state index is 10.5. The fraction of sp³-hybridized carbons (Fsp3) is 0.500. The van der Waals surface area contributed by atoms with Crippen molar-refractivity contribution in [1.82, 2.24) is 0 Å². The first-order valence-corrected chi connectivity index (χ1v) is 10.2. The average molecular weight is 425 g/mol. The van der Waals surface area contributed by atoms with Crippen LogP contribution in [0.1, 0.15) is 32.1 Å². The number of rotatable bonds is 11. The largest absolute Gasteiger partial charge is 0.491 e. The van der Waals surface area contributed by atoms with E-state index in [1.54, 1.807) is 36.4 Å². The van der Waals surface area contributed by atoms with Crippen LogP contribution in [0.4, 0.5) is 0 Å². The van der Waals surface area contributed by atoms with Crippen LogP contribution in [-0.2, 0) is 4.79 Å². The molecule has 0 saturated heterocycles. The molecule has 0 aromatic heterocycles. The van der Waals surface area contributed by atoms with Crippen molar-refractivity contribution in [3.63, 3.8) is 0 Å². The van der Waals surface area contributed by atoms with Crippen molar-refractivity contribution in [1.29, 1.82) is 0 Å². The Bertz CT molecular complexity index is 704. The van der Waals surface area contributed by atoms with Gasteiger partial charge in [0, 0.05) is 23.8 Å². The summed E-state index contributed by atoms with van der Waals surface area (Å²) in [6.07, 6.45) is 7.26. The molecule has 0 amide bonds. The van der Waals surface area contributed by atoms with Gasteiger partial charge in [0.05, 0.1) is 12.2 Å². The Kier molecular flexibility index (Phi) is 9.67. The lowest BCUT2D eigenvalue weighted by atomic mass is 9.89. The molecule has 1 aromatic carbocycles. The molecule has 0 heterocycles. The number of hydrogen-bond acceptors (Lipinski definition) is 5. The van der Waals surface area contributed by atoms with Crippen LogP contribution in [0.2, 0.25) is 5.02 Å². The SMILES string of the molecule is O=C(O)CCC/C=C/C[C@@H]1C(/C=C/[C@@H](O)COc2cccc(Cl)c2)[C@H](O)C[C@@H]1O. The van der Waals surface area contributed by atoms with Gasteiger partial charge in [0.25, 0.3) is 0 Å². The number of aliphatic carboxylic acids is 1. The molecule has 1 saturated carbocycles. The molecule has 160 valence electrons. The summed E-state index contributed by atoms with van der Waals surface area (Å²) in [5.74, 6) is -0.671. The van der Waals surface area contributed by atoms with Crippen molar-refractivity contribution in [3.8, 4) is 5.75 Å². The number of hydrogen-bond donors (Lipinski definition) is 4. The number of carbonyl (C=O) groups is 1. The summed E-state index contributed by atoms with van der Waals surface area (Å²) in [7, 11) is 0. The van der Waals surface area contributed by atoms with Crippen LogP contribution in [0.5, 0.6) is 5.75 Å². The minimum atomic E-state index is -0.855. The Balaban J connectivity index is 1.83. The zero-order chi connectivity index (χ0) is 21.2. The van der Waals surface area contributed by atoms with E-state index in [0.29, 0.717) is 36.5 Å². The minimum Gasteiger partial charge on any atom is -0.491 e. The minimum absolute atomic E-state index is 0.0519. The summed E-state index contributed by atoms with van der Waals surface area (Å²) in [5, 5.41) is 39.8. The number of aliphatic hydroxyl groups is 3. The summed E-state index contributed by atoms with van der Waals surface area (Å²) in [6.45, 7) is 0.0519. The number of carboxylic acid groups (broad SMARTS) is 1. The van der Waals surface area contributed by atoms with Crippen LogP contribution in [0.25, 0.3) is 0 Å². The second-order valence-electron chi connectivity index (χ2n) is 7.33. The van der Waals surface area contributed by atoms with Gasteiger partial charge in [-0.05, 0) is 43.4 Å². The van der Waals surface area contributed by atoms with Crippen LogP contribution >= 0.6 is 11.6 Å². The highest BCUT2D eigenvalue weighted by Crippen LogP contribution is 2.36. The molecular weight excluding hydrogens is 396 g/mol. The van der Waals surface area contributed by atoms with Crippen molar-refractivity contribution < 1.29 is 30.0 Å². The molecule has 1 aliphatic rings. The van der Waals surface area contributed by atoms with Gasteiger partial charge in [0.15, 0.2) is 0 Å². The van der Waals surface area contributed by atoms with E-state index in [4.69, 9.17) is 21.4 Å². The standard InChI is InChI=1S/C22H29ClO6/c23-15-6-5-7-17(12-15)29-14-16(24)10-11-19-18(20(25)13-21(19)26)8-3-1-2-4-9-22(27)28/h1,3,5-7,10-12,16,18-21,24-26H,2,4,8-9,13-14H2,(H,27,28)/b3-1+,11-10+/t16-,18-,19?,20+,21-/m1/s1. The second kappa shape index (κ2) is 12.0. The molecule has 29 heavy (non-hydrogen) atoms. The zero-order valence-electron chi connectivity index (χ0n) is 16.2. The molecule has 7 heteroatoms. The first-order valence-electron chi connectivity index (χ1n) is 9.84. The fourth-order valence-electron chi connectivity index (χ4n) is 3.50. The van der Waals surface area contributed by atoms with Crippen molar-refractivity contribution in [3.05, 3.63) is 53.6 Å². The predicted molar refractivity (Wildman–Crippen MR) is 111 cm³/mol. The van der Waals surface area contributed by atoms with Gasteiger partial charge >= 0.3 is 5.97 Å².